The molecule has 1 aromatic rings. The van der Waals surface area contributed by atoms with E-state index in [1.54, 1.807) is 0 Å². The van der Waals surface area contributed by atoms with Crippen LogP contribution in [0, 0.1) is 5.92 Å². The summed E-state index contributed by atoms with van der Waals surface area (Å²) in [6.45, 7) is 5.31. The second-order valence-electron chi connectivity index (χ2n) is 6.95. The molecular formula is C22H34O. The Balaban J connectivity index is 1.77. The normalized spacial score (nSPS) is 17.8. The Kier molecular flexibility index (Phi) is 8.28. The van der Waals surface area contributed by atoms with Crippen molar-refractivity contribution >= 4 is 5.57 Å². The molecule has 128 valence electrons. The second kappa shape index (κ2) is 10.5. The predicted molar refractivity (Wildman–Crippen MR) is 101 cm³/mol. The maximum absolute atomic E-state index is 5.75. The fraction of sp³-hybridized carbons (Fsp3) is 0.636. The molecule has 1 aliphatic rings. The highest BCUT2D eigenvalue weighted by molar-refractivity contribution is 5.66. The minimum Gasteiger partial charge on any atom is -0.494 e. The third-order valence-electron chi connectivity index (χ3n) is 4.98. The summed E-state index contributed by atoms with van der Waals surface area (Å²) >= 11 is 0. The minimum atomic E-state index is 0.832. The monoisotopic (exact) mass is 314 g/mol. The smallest absolute Gasteiger partial charge is 0.119 e. The fourth-order valence-electron chi connectivity index (χ4n) is 3.37. The van der Waals surface area contributed by atoms with Crippen LogP contribution in [0.25, 0.3) is 5.57 Å². The molecule has 1 aromatic carbocycles. The SMILES string of the molecule is CCCCCCC1CC=C(c2ccc(OCCCC)cc2)CC1. The molecule has 1 atom stereocenters. The highest BCUT2D eigenvalue weighted by atomic mass is 16.5. The highest BCUT2D eigenvalue weighted by Crippen LogP contribution is 2.33. The molecule has 0 aliphatic heterocycles. The van der Waals surface area contributed by atoms with Gasteiger partial charge in [0.2, 0.25) is 0 Å². The summed E-state index contributed by atoms with van der Waals surface area (Å²) in [5.41, 5.74) is 2.92. The standard InChI is InChI=1S/C22H34O/c1-3-5-7-8-9-19-10-12-20(13-11-19)21-14-16-22(17-15-21)23-18-6-4-2/h12,14-17,19H,3-11,13,18H2,1-2H3. The van der Waals surface area contributed by atoms with Gasteiger partial charge in [-0.3, -0.25) is 0 Å². The Bertz CT molecular complexity index is 457. The summed E-state index contributed by atoms with van der Waals surface area (Å²) in [4.78, 5) is 0. The summed E-state index contributed by atoms with van der Waals surface area (Å²) in [5, 5.41) is 0. The molecule has 0 aromatic heterocycles. The van der Waals surface area contributed by atoms with E-state index >= 15 is 0 Å². The van der Waals surface area contributed by atoms with Crippen LogP contribution >= 0.6 is 0 Å². The molecule has 1 heteroatoms. The molecule has 0 saturated heterocycles. The van der Waals surface area contributed by atoms with Crippen LogP contribution in [0.5, 0.6) is 5.75 Å². The van der Waals surface area contributed by atoms with Crippen molar-refractivity contribution in [1.29, 1.82) is 0 Å². The average Bonchev–Trinajstić information content (AvgIpc) is 2.60. The molecule has 1 nitrogen and oxygen atoms in total. The van der Waals surface area contributed by atoms with Crippen molar-refractivity contribution in [3.05, 3.63) is 35.9 Å². The van der Waals surface area contributed by atoms with E-state index in [0.29, 0.717) is 0 Å². The Morgan fingerprint density at radius 3 is 2.39 bits per heavy atom. The molecule has 1 unspecified atom stereocenters. The van der Waals surface area contributed by atoms with Crippen LogP contribution in [0.3, 0.4) is 0 Å². The minimum absolute atomic E-state index is 0.832. The van der Waals surface area contributed by atoms with Crippen molar-refractivity contribution in [2.75, 3.05) is 6.61 Å². The van der Waals surface area contributed by atoms with E-state index in [-0.39, 0.29) is 0 Å². The van der Waals surface area contributed by atoms with Crippen LogP contribution in [0.15, 0.2) is 30.3 Å². The molecule has 0 spiro atoms. The largest absolute Gasteiger partial charge is 0.494 e. The molecule has 0 bridgehead atoms. The molecule has 1 aliphatic carbocycles. The van der Waals surface area contributed by atoms with Crippen LogP contribution < -0.4 is 4.74 Å². The lowest BCUT2D eigenvalue weighted by Crippen LogP contribution is -2.05. The Hall–Kier alpha value is -1.24. The van der Waals surface area contributed by atoms with E-state index in [0.717, 1.165) is 24.7 Å². The molecule has 0 radical (unpaired) electrons. The van der Waals surface area contributed by atoms with Crippen LogP contribution in [-0.4, -0.2) is 6.61 Å². The van der Waals surface area contributed by atoms with Gasteiger partial charge in [0.05, 0.1) is 6.61 Å². The molecule has 0 N–H and O–H groups in total. The third kappa shape index (κ3) is 6.41. The van der Waals surface area contributed by atoms with Crippen molar-refractivity contribution in [2.24, 2.45) is 5.92 Å². The zero-order chi connectivity index (χ0) is 16.3. The van der Waals surface area contributed by atoms with Crippen molar-refractivity contribution in [1.82, 2.24) is 0 Å². The number of hydrogen-bond acceptors (Lipinski definition) is 1. The summed E-state index contributed by atoms with van der Waals surface area (Å²) in [6, 6.07) is 8.72. The van der Waals surface area contributed by atoms with E-state index in [1.165, 1.54) is 68.9 Å². The van der Waals surface area contributed by atoms with E-state index in [2.05, 4.69) is 44.2 Å². The molecule has 0 fully saturated rings. The van der Waals surface area contributed by atoms with Crippen molar-refractivity contribution in [3.63, 3.8) is 0 Å². The lowest BCUT2D eigenvalue weighted by Gasteiger charge is -2.22. The Labute approximate surface area is 143 Å². The first-order chi connectivity index (χ1) is 11.3. The van der Waals surface area contributed by atoms with Crippen LogP contribution in [-0.2, 0) is 0 Å². The van der Waals surface area contributed by atoms with E-state index in [1.807, 2.05) is 0 Å². The maximum atomic E-state index is 5.75. The zero-order valence-corrected chi connectivity index (χ0v) is 15.2. The summed E-state index contributed by atoms with van der Waals surface area (Å²) < 4.78 is 5.75. The van der Waals surface area contributed by atoms with Gasteiger partial charge in [-0.15, -0.1) is 0 Å². The van der Waals surface area contributed by atoms with Gasteiger partial charge in [0, 0.05) is 0 Å². The first kappa shape index (κ1) is 18.1. The van der Waals surface area contributed by atoms with Gasteiger partial charge in [-0.2, -0.15) is 0 Å². The fourth-order valence-corrected chi connectivity index (χ4v) is 3.37. The molecular weight excluding hydrogens is 280 g/mol. The number of ether oxygens (including phenoxy) is 1. The summed E-state index contributed by atoms with van der Waals surface area (Å²) in [6.07, 6.45) is 15.7. The zero-order valence-electron chi connectivity index (χ0n) is 15.2. The first-order valence-corrected chi connectivity index (χ1v) is 9.75. The lowest BCUT2D eigenvalue weighted by atomic mass is 9.84. The van der Waals surface area contributed by atoms with Gasteiger partial charge in [-0.1, -0.05) is 70.6 Å². The van der Waals surface area contributed by atoms with Crippen molar-refractivity contribution in [2.45, 2.75) is 78.1 Å². The number of allylic oxidation sites excluding steroid dienone is 2. The molecule has 0 saturated carbocycles. The summed E-state index contributed by atoms with van der Waals surface area (Å²) in [5.74, 6) is 1.93. The molecule has 23 heavy (non-hydrogen) atoms. The molecule has 0 heterocycles. The lowest BCUT2D eigenvalue weighted by molar-refractivity contribution is 0.309. The number of rotatable bonds is 10. The first-order valence-electron chi connectivity index (χ1n) is 9.75. The highest BCUT2D eigenvalue weighted by Gasteiger charge is 2.15. The Morgan fingerprint density at radius 1 is 0.957 bits per heavy atom. The van der Waals surface area contributed by atoms with Gasteiger partial charge >= 0.3 is 0 Å². The van der Waals surface area contributed by atoms with E-state index < -0.39 is 0 Å². The maximum Gasteiger partial charge on any atom is 0.119 e. The Morgan fingerprint density at radius 2 is 1.74 bits per heavy atom. The van der Waals surface area contributed by atoms with Gasteiger partial charge in [0.1, 0.15) is 5.75 Å². The summed E-state index contributed by atoms with van der Waals surface area (Å²) in [7, 11) is 0. The number of benzene rings is 1. The average molecular weight is 315 g/mol. The molecule has 0 amide bonds. The molecule has 2 rings (SSSR count). The number of hydrogen-bond donors (Lipinski definition) is 0. The van der Waals surface area contributed by atoms with E-state index in [9.17, 15) is 0 Å². The van der Waals surface area contributed by atoms with Crippen LogP contribution in [0.1, 0.15) is 83.6 Å². The topological polar surface area (TPSA) is 9.23 Å². The van der Waals surface area contributed by atoms with Gasteiger partial charge in [-0.05, 0) is 54.9 Å². The second-order valence-corrected chi connectivity index (χ2v) is 6.95. The third-order valence-corrected chi connectivity index (χ3v) is 4.98. The van der Waals surface area contributed by atoms with Crippen molar-refractivity contribution < 1.29 is 4.74 Å². The predicted octanol–water partition coefficient (Wildman–Crippen LogP) is 7.02. The van der Waals surface area contributed by atoms with Crippen LogP contribution in [0.4, 0.5) is 0 Å². The van der Waals surface area contributed by atoms with Crippen LogP contribution in [0.2, 0.25) is 0 Å². The van der Waals surface area contributed by atoms with Gasteiger partial charge in [0.15, 0.2) is 0 Å². The number of unbranched alkanes of at least 4 members (excludes halogenated alkanes) is 4. The van der Waals surface area contributed by atoms with Gasteiger partial charge < -0.3 is 4.74 Å². The van der Waals surface area contributed by atoms with Crippen molar-refractivity contribution in [3.8, 4) is 5.75 Å². The van der Waals surface area contributed by atoms with Gasteiger partial charge in [0.25, 0.3) is 0 Å². The van der Waals surface area contributed by atoms with E-state index in [4.69, 9.17) is 4.74 Å². The quantitative estimate of drug-likeness (QED) is 0.422. The van der Waals surface area contributed by atoms with Gasteiger partial charge in [-0.25, -0.2) is 0 Å².